The number of aliphatic imine (C=N–C) groups is 1. The third-order valence-electron chi connectivity index (χ3n) is 4.36. The van der Waals surface area contributed by atoms with E-state index in [0.29, 0.717) is 34.5 Å². The molecule has 1 heterocycles. The Morgan fingerprint density at radius 3 is 2.60 bits per heavy atom. The van der Waals surface area contributed by atoms with Gasteiger partial charge in [0.1, 0.15) is 11.5 Å². The van der Waals surface area contributed by atoms with Gasteiger partial charge in [-0.05, 0) is 73.1 Å². The number of aliphatic carboxylic acids is 1. The van der Waals surface area contributed by atoms with Gasteiger partial charge in [-0.25, -0.2) is 9.79 Å². The van der Waals surface area contributed by atoms with Crippen LogP contribution in [0, 0.1) is 0 Å². The maximum Gasteiger partial charge on any atom is 0.344 e. The van der Waals surface area contributed by atoms with Crippen molar-refractivity contribution in [3.05, 3.63) is 59.0 Å². The summed E-state index contributed by atoms with van der Waals surface area (Å²) in [5, 5.41) is 19.1. The van der Waals surface area contributed by atoms with Crippen molar-refractivity contribution in [3.8, 4) is 11.5 Å². The first-order valence-corrected chi connectivity index (χ1v) is 10.3. The van der Waals surface area contributed by atoms with Crippen molar-refractivity contribution in [1.82, 2.24) is 4.90 Å². The number of hydrogen-bond acceptors (Lipinski definition) is 6. The molecule has 2 aromatic carbocycles. The zero-order valence-electron chi connectivity index (χ0n) is 16.6. The Morgan fingerprint density at radius 2 is 1.97 bits per heavy atom. The Kier molecular flexibility index (Phi) is 6.79. The third-order valence-corrected chi connectivity index (χ3v) is 5.37. The van der Waals surface area contributed by atoms with Gasteiger partial charge in [-0.3, -0.25) is 9.69 Å². The fourth-order valence-corrected chi connectivity index (χ4v) is 3.87. The van der Waals surface area contributed by atoms with Crippen LogP contribution in [0.5, 0.6) is 11.5 Å². The maximum atomic E-state index is 12.8. The van der Waals surface area contributed by atoms with Crippen LogP contribution in [0.4, 0.5) is 5.69 Å². The Morgan fingerprint density at radius 1 is 1.23 bits per heavy atom. The van der Waals surface area contributed by atoms with E-state index in [2.05, 4.69) is 4.99 Å². The molecule has 1 saturated heterocycles. The van der Waals surface area contributed by atoms with Crippen LogP contribution in [0.3, 0.4) is 0 Å². The lowest BCUT2D eigenvalue weighted by atomic mass is 10.2. The Balaban J connectivity index is 1.85. The third kappa shape index (κ3) is 5.01. The van der Waals surface area contributed by atoms with Gasteiger partial charge in [0.15, 0.2) is 11.3 Å². The molecule has 0 spiro atoms. The predicted molar refractivity (Wildman–Crippen MR) is 117 cm³/mol. The minimum atomic E-state index is -1.02. The highest BCUT2D eigenvalue weighted by Gasteiger charge is 2.32. The van der Waals surface area contributed by atoms with Gasteiger partial charge in [-0.2, -0.15) is 0 Å². The Labute approximate surface area is 178 Å². The van der Waals surface area contributed by atoms with Crippen LogP contribution in [0.25, 0.3) is 6.08 Å². The Hall–Kier alpha value is -3.26. The Bertz CT molecular complexity index is 1000. The highest BCUT2D eigenvalue weighted by molar-refractivity contribution is 8.18. The molecule has 8 heteroatoms. The number of phenolic OH excluding ortho intramolecular Hbond substituents is 1. The molecule has 2 N–H and O–H groups in total. The number of amides is 1. The van der Waals surface area contributed by atoms with Crippen LogP contribution in [0.15, 0.2) is 58.4 Å². The van der Waals surface area contributed by atoms with Gasteiger partial charge in [-0.15, -0.1) is 0 Å². The molecular formula is C22H22N2O5S. The van der Waals surface area contributed by atoms with E-state index >= 15 is 0 Å². The van der Waals surface area contributed by atoms with Crippen molar-refractivity contribution >= 4 is 40.6 Å². The van der Waals surface area contributed by atoms with E-state index in [0.717, 1.165) is 5.56 Å². The van der Waals surface area contributed by atoms with Crippen molar-refractivity contribution in [3.63, 3.8) is 0 Å². The monoisotopic (exact) mass is 426 g/mol. The van der Waals surface area contributed by atoms with Crippen molar-refractivity contribution < 1.29 is 24.5 Å². The first kappa shape index (κ1) is 21.4. The number of rotatable bonds is 7. The number of carbonyl (C=O) groups excluding carboxylic acids is 1. The number of amidine groups is 1. The number of carboxylic acids is 1. The summed E-state index contributed by atoms with van der Waals surface area (Å²) in [5.41, 5.74) is 1.36. The molecular weight excluding hydrogens is 404 g/mol. The van der Waals surface area contributed by atoms with Gasteiger partial charge >= 0.3 is 5.97 Å². The fourth-order valence-electron chi connectivity index (χ4n) is 2.81. The number of carbonyl (C=O) groups is 2. The first-order valence-electron chi connectivity index (χ1n) is 9.50. The van der Waals surface area contributed by atoms with Crippen molar-refractivity contribution in [1.29, 1.82) is 0 Å². The van der Waals surface area contributed by atoms with Gasteiger partial charge < -0.3 is 14.9 Å². The highest BCUT2D eigenvalue weighted by Crippen LogP contribution is 2.34. The molecule has 1 unspecified atom stereocenters. The molecule has 1 fully saturated rings. The van der Waals surface area contributed by atoms with E-state index < -0.39 is 12.1 Å². The lowest BCUT2D eigenvalue weighted by Crippen LogP contribution is -2.28. The van der Waals surface area contributed by atoms with E-state index in [4.69, 9.17) is 4.74 Å². The molecule has 0 aliphatic carbocycles. The molecule has 1 amide bonds. The number of phenols is 1. The van der Waals surface area contributed by atoms with E-state index in [1.807, 2.05) is 13.0 Å². The van der Waals surface area contributed by atoms with Crippen LogP contribution >= 0.6 is 11.8 Å². The van der Waals surface area contributed by atoms with Crippen LogP contribution in [0.1, 0.15) is 25.8 Å². The summed E-state index contributed by atoms with van der Waals surface area (Å²) < 4.78 is 5.53. The molecule has 7 nitrogen and oxygen atoms in total. The smallest absolute Gasteiger partial charge is 0.344 e. The molecule has 30 heavy (non-hydrogen) atoms. The fraction of sp³-hybridized carbons (Fsp3) is 0.227. The second-order valence-electron chi connectivity index (χ2n) is 6.50. The number of benzene rings is 2. The second-order valence-corrected chi connectivity index (χ2v) is 7.51. The summed E-state index contributed by atoms with van der Waals surface area (Å²) in [6.07, 6.45) is 1.16. The standard InChI is InChI=1S/C22H22N2O5S/c1-3-18(21(27)28)29-17-7-5-6-14(12-17)13-19-20(26)24(4-2)22(30-19)23-15-8-10-16(25)11-9-15/h5-13,18,25H,3-4H2,1-2H3,(H,27,28)/b19-13-,23-22?. The topological polar surface area (TPSA) is 99.4 Å². The number of nitrogens with zero attached hydrogens (tertiary/aromatic N) is 2. The number of ether oxygens (including phenoxy) is 1. The summed E-state index contributed by atoms with van der Waals surface area (Å²) in [6, 6.07) is 13.4. The van der Waals surface area contributed by atoms with E-state index in [-0.39, 0.29) is 11.7 Å². The minimum Gasteiger partial charge on any atom is -0.508 e. The minimum absolute atomic E-state index is 0.150. The molecule has 3 rings (SSSR count). The number of carboxylic acid groups (broad SMARTS) is 1. The largest absolute Gasteiger partial charge is 0.508 e. The predicted octanol–water partition coefficient (Wildman–Crippen LogP) is 4.26. The molecule has 1 aliphatic rings. The zero-order chi connectivity index (χ0) is 21.7. The molecule has 1 aliphatic heterocycles. The average molecular weight is 426 g/mol. The summed E-state index contributed by atoms with van der Waals surface area (Å²) in [6.45, 7) is 4.09. The zero-order valence-corrected chi connectivity index (χ0v) is 17.4. The van der Waals surface area contributed by atoms with Gasteiger partial charge in [0.25, 0.3) is 5.91 Å². The summed E-state index contributed by atoms with van der Waals surface area (Å²) >= 11 is 1.26. The van der Waals surface area contributed by atoms with E-state index in [1.54, 1.807) is 60.4 Å². The number of hydrogen-bond donors (Lipinski definition) is 2. The van der Waals surface area contributed by atoms with E-state index in [9.17, 15) is 19.8 Å². The molecule has 0 bridgehead atoms. The number of thioether (sulfide) groups is 1. The van der Waals surface area contributed by atoms with E-state index in [1.165, 1.54) is 11.8 Å². The SMILES string of the molecule is CCC(Oc1cccc(/C=C2\SC(=Nc3ccc(O)cc3)N(CC)C2=O)c1)C(=O)O. The summed E-state index contributed by atoms with van der Waals surface area (Å²) in [7, 11) is 0. The molecule has 0 saturated carbocycles. The summed E-state index contributed by atoms with van der Waals surface area (Å²) in [4.78, 5) is 30.6. The first-order chi connectivity index (χ1) is 14.4. The lowest BCUT2D eigenvalue weighted by molar-refractivity contribution is -0.145. The van der Waals surface area contributed by atoms with Crippen molar-refractivity contribution in [2.24, 2.45) is 4.99 Å². The average Bonchev–Trinajstić information content (AvgIpc) is 3.02. The number of likely N-dealkylation sites (N-methyl/N-ethyl adjacent to an activating group) is 1. The van der Waals surface area contributed by atoms with Gasteiger partial charge in [-0.1, -0.05) is 19.1 Å². The quantitative estimate of drug-likeness (QED) is 0.642. The molecule has 0 aromatic heterocycles. The second kappa shape index (κ2) is 9.49. The maximum absolute atomic E-state index is 12.8. The van der Waals surface area contributed by atoms with Crippen molar-refractivity contribution in [2.45, 2.75) is 26.4 Å². The molecule has 156 valence electrons. The lowest BCUT2D eigenvalue weighted by Gasteiger charge is -2.13. The van der Waals surface area contributed by atoms with Crippen LogP contribution < -0.4 is 4.74 Å². The molecule has 2 aromatic rings. The number of aromatic hydroxyl groups is 1. The van der Waals surface area contributed by atoms with Crippen LogP contribution in [0.2, 0.25) is 0 Å². The molecule has 1 atom stereocenters. The van der Waals surface area contributed by atoms with Crippen LogP contribution in [-0.4, -0.2) is 44.8 Å². The summed E-state index contributed by atoms with van der Waals surface area (Å²) in [5.74, 6) is -0.587. The normalized spacial score (nSPS) is 17.5. The van der Waals surface area contributed by atoms with Gasteiger partial charge in [0.05, 0.1) is 10.6 Å². The highest BCUT2D eigenvalue weighted by atomic mass is 32.2. The van der Waals surface area contributed by atoms with Crippen molar-refractivity contribution in [2.75, 3.05) is 6.54 Å². The van der Waals surface area contributed by atoms with Gasteiger partial charge in [0, 0.05) is 6.54 Å². The van der Waals surface area contributed by atoms with Crippen LogP contribution in [-0.2, 0) is 9.59 Å². The molecule has 0 radical (unpaired) electrons. The van der Waals surface area contributed by atoms with Gasteiger partial charge in [0.2, 0.25) is 0 Å².